The summed E-state index contributed by atoms with van der Waals surface area (Å²) in [5, 5.41) is 17.6. The van der Waals surface area contributed by atoms with Gasteiger partial charge in [0.2, 0.25) is 5.91 Å². The molecule has 0 saturated heterocycles. The zero-order chi connectivity index (χ0) is 37.9. The third kappa shape index (κ3) is 7.36. The van der Waals surface area contributed by atoms with Gasteiger partial charge in [-0.3, -0.25) is 23.8 Å². The maximum atomic E-state index is 13.0. The zero-order valence-corrected chi connectivity index (χ0v) is 31.9. The van der Waals surface area contributed by atoms with Gasteiger partial charge in [0.05, 0.1) is 28.4 Å². The van der Waals surface area contributed by atoms with Crippen LogP contribution in [-0.2, 0) is 22.7 Å². The number of aromatic nitrogens is 5. The summed E-state index contributed by atoms with van der Waals surface area (Å²) < 4.78 is 3.98. The summed E-state index contributed by atoms with van der Waals surface area (Å²) in [5.74, 6) is 14.4. The maximum Gasteiger partial charge on any atom is 0.255 e. The van der Waals surface area contributed by atoms with Gasteiger partial charge in [0, 0.05) is 66.5 Å². The van der Waals surface area contributed by atoms with Crippen molar-refractivity contribution >= 4 is 46.7 Å². The third-order valence-electron chi connectivity index (χ3n) is 9.55. The quantitative estimate of drug-likeness (QED) is 0.112. The lowest BCUT2D eigenvalue weighted by Gasteiger charge is -2.22. The Morgan fingerprint density at radius 3 is 2.70 bits per heavy atom. The number of rotatable bonds is 9. The lowest BCUT2D eigenvalue weighted by molar-refractivity contribution is -0.121. The molecule has 0 bridgehead atoms. The molecule has 1 unspecified atom stereocenters. The van der Waals surface area contributed by atoms with E-state index in [-0.39, 0.29) is 30.7 Å². The van der Waals surface area contributed by atoms with Crippen molar-refractivity contribution in [2.45, 2.75) is 71.6 Å². The van der Waals surface area contributed by atoms with Crippen LogP contribution < -0.4 is 5.32 Å². The molecule has 5 aromatic rings. The van der Waals surface area contributed by atoms with E-state index >= 15 is 0 Å². The van der Waals surface area contributed by atoms with Crippen LogP contribution in [0, 0.1) is 37.5 Å². The number of hydrogen-bond acceptors (Lipinski definition) is 8. The Morgan fingerprint density at radius 2 is 1.93 bits per heavy atom. The van der Waals surface area contributed by atoms with E-state index in [1.165, 1.54) is 4.90 Å². The molecular formula is C41H37ClN8O3S. The number of hydrogen-bond donors (Lipinski definition) is 1. The molecular weight excluding hydrogens is 720 g/mol. The predicted octanol–water partition coefficient (Wildman–Crippen LogP) is 5.99. The van der Waals surface area contributed by atoms with Gasteiger partial charge in [-0.15, -0.1) is 21.5 Å². The van der Waals surface area contributed by atoms with Crippen LogP contribution in [0.25, 0.3) is 5.00 Å². The number of fused-ring (bicyclic) bond motifs is 4. The fourth-order valence-electron chi connectivity index (χ4n) is 6.66. The van der Waals surface area contributed by atoms with Crippen LogP contribution in [-0.4, -0.2) is 66.3 Å². The number of carbonyl (C=O) groups is 3. The van der Waals surface area contributed by atoms with E-state index in [9.17, 15) is 14.4 Å². The number of aryl methyl sites for hydroxylation is 2. The second-order valence-corrected chi connectivity index (χ2v) is 14.6. The van der Waals surface area contributed by atoms with Crippen molar-refractivity contribution < 1.29 is 14.4 Å². The molecule has 2 aromatic carbocycles. The fraction of sp³-hybridized carbons (Fsp3) is 0.293. The normalized spacial score (nSPS) is 14.8. The first-order valence-corrected chi connectivity index (χ1v) is 18.9. The number of nitrogens with one attached hydrogen (secondary N) is 1. The highest BCUT2D eigenvalue weighted by molar-refractivity contribution is 7.15. The van der Waals surface area contributed by atoms with Crippen molar-refractivity contribution in [1.82, 2.24) is 34.8 Å². The van der Waals surface area contributed by atoms with Gasteiger partial charge in [-0.05, 0) is 75.1 Å². The van der Waals surface area contributed by atoms with Gasteiger partial charge in [0.1, 0.15) is 23.2 Å². The maximum absolute atomic E-state index is 13.0. The summed E-state index contributed by atoms with van der Waals surface area (Å²) >= 11 is 7.83. The minimum Gasteiger partial charge on any atom is -0.359 e. The number of halogens is 1. The molecule has 0 spiro atoms. The third-order valence-corrected chi connectivity index (χ3v) is 11.0. The number of amides is 2. The summed E-state index contributed by atoms with van der Waals surface area (Å²) in [5.41, 5.74) is 6.96. The molecule has 0 aliphatic carbocycles. The largest absolute Gasteiger partial charge is 0.359 e. The summed E-state index contributed by atoms with van der Waals surface area (Å²) in [6.45, 7) is 7.08. The minimum absolute atomic E-state index is 0.165. The fourth-order valence-corrected chi connectivity index (χ4v) is 8.01. The Hall–Kier alpha value is -5.82. The first-order valence-electron chi connectivity index (χ1n) is 17.7. The van der Waals surface area contributed by atoms with Crippen LogP contribution in [0.15, 0.2) is 59.9 Å². The first kappa shape index (κ1) is 36.5. The van der Waals surface area contributed by atoms with Crippen LogP contribution in [0.5, 0.6) is 0 Å². The van der Waals surface area contributed by atoms with Gasteiger partial charge >= 0.3 is 0 Å². The number of aliphatic imine (C=N–C) groups is 1. The van der Waals surface area contributed by atoms with Gasteiger partial charge < -0.3 is 15.0 Å². The van der Waals surface area contributed by atoms with E-state index in [0.29, 0.717) is 30.1 Å². The van der Waals surface area contributed by atoms with Crippen molar-refractivity contribution in [3.8, 4) is 28.7 Å². The van der Waals surface area contributed by atoms with Crippen molar-refractivity contribution in [2.75, 3.05) is 7.05 Å². The SMILES string of the molecule is CNC(=O)CCC(C=O)N1Cc2cc(C#CCCCn3cc(C#Cc4sc5c(c4C)C(c4ccc(Cl)cc4)=N[C@@H](C)c4nnc(C)n4-5)cn3)ccc2C1=O. The van der Waals surface area contributed by atoms with Crippen molar-refractivity contribution in [2.24, 2.45) is 4.99 Å². The summed E-state index contributed by atoms with van der Waals surface area (Å²) in [7, 11) is 1.55. The average molecular weight is 757 g/mol. The van der Waals surface area contributed by atoms with Crippen LogP contribution in [0.2, 0.25) is 5.02 Å². The van der Waals surface area contributed by atoms with Gasteiger partial charge in [0.25, 0.3) is 5.91 Å². The number of unbranched alkanes of at least 4 members (excludes halogenated alkanes) is 1. The average Bonchev–Trinajstić information content (AvgIpc) is 3.93. The van der Waals surface area contributed by atoms with E-state index in [1.54, 1.807) is 30.6 Å². The summed E-state index contributed by atoms with van der Waals surface area (Å²) in [6.07, 6.45) is 6.38. The second-order valence-electron chi connectivity index (χ2n) is 13.2. The zero-order valence-electron chi connectivity index (χ0n) is 30.3. The standard InChI is InChI=1S/C41H37ClN8O3S/c1-25-35(54-41-37(25)38(30-11-13-32(42)14-12-30)45-26(2)39-47-46-27(3)50(39)41)17-10-29-21-44-48(22-29)19-7-5-6-8-28-9-16-34-31(20-28)23-49(40(34)53)33(24-51)15-18-36(52)43-4/h9,11-14,16,20-22,24,26,33H,5,7,15,18-19,23H2,1-4H3,(H,43,52)/t26-,33?/m0/s1. The van der Waals surface area contributed by atoms with Crippen molar-refractivity contribution in [1.29, 1.82) is 0 Å². The molecule has 54 heavy (non-hydrogen) atoms. The molecule has 0 radical (unpaired) electrons. The molecule has 0 fully saturated rings. The minimum atomic E-state index is -0.651. The van der Waals surface area contributed by atoms with E-state index in [0.717, 1.165) is 73.3 Å². The van der Waals surface area contributed by atoms with Crippen LogP contribution in [0.1, 0.15) is 98.9 Å². The molecule has 2 aliphatic heterocycles. The number of carbonyl (C=O) groups excluding carboxylic acids is 3. The monoisotopic (exact) mass is 756 g/mol. The molecule has 13 heteroatoms. The predicted molar refractivity (Wildman–Crippen MR) is 208 cm³/mol. The Labute approximate surface area is 322 Å². The van der Waals surface area contributed by atoms with E-state index < -0.39 is 6.04 Å². The Balaban J connectivity index is 1.00. The second kappa shape index (κ2) is 15.7. The first-order chi connectivity index (χ1) is 26.1. The van der Waals surface area contributed by atoms with E-state index in [2.05, 4.69) is 55.8 Å². The molecule has 2 amide bonds. The molecule has 2 atom stereocenters. The van der Waals surface area contributed by atoms with Gasteiger partial charge in [0.15, 0.2) is 5.82 Å². The lowest BCUT2D eigenvalue weighted by Crippen LogP contribution is -2.37. The van der Waals surface area contributed by atoms with Gasteiger partial charge in [-0.1, -0.05) is 47.4 Å². The topological polar surface area (TPSA) is 127 Å². The molecule has 272 valence electrons. The number of nitrogens with zero attached hydrogens (tertiary/aromatic N) is 7. The van der Waals surface area contributed by atoms with Gasteiger partial charge in [-0.25, -0.2) is 0 Å². The molecule has 2 aliphatic rings. The Morgan fingerprint density at radius 1 is 1.11 bits per heavy atom. The molecule has 11 nitrogen and oxygen atoms in total. The Kier molecular flexibility index (Phi) is 10.6. The number of benzene rings is 2. The van der Waals surface area contributed by atoms with Crippen LogP contribution >= 0.6 is 22.9 Å². The highest BCUT2D eigenvalue weighted by atomic mass is 35.5. The van der Waals surface area contributed by atoms with E-state index in [4.69, 9.17) is 16.6 Å². The molecule has 1 N–H and O–H groups in total. The van der Waals surface area contributed by atoms with Crippen LogP contribution in [0.4, 0.5) is 0 Å². The summed E-state index contributed by atoms with van der Waals surface area (Å²) in [4.78, 5) is 44.0. The van der Waals surface area contributed by atoms with Crippen molar-refractivity contribution in [3.05, 3.63) is 115 Å². The molecule has 7 rings (SSSR count). The van der Waals surface area contributed by atoms with Crippen molar-refractivity contribution in [3.63, 3.8) is 0 Å². The number of aldehydes is 1. The highest BCUT2D eigenvalue weighted by Gasteiger charge is 2.33. The smallest absolute Gasteiger partial charge is 0.255 e. The molecule has 3 aromatic heterocycles. The van der Waals surface area contributed by atoms with E-state index in [1.807, 2.05) is 61.1 Å². The summed E-state index contributed by atoms with van der Waals surface area (Å²) in [6, 6.07) is 12.4. The highest BCUT2D eigenvalue weighted by Crippen LogP contribution is 2.39. The number of thiophene rings is 1. The van der Waals surface area contributed by atoms with Gasteiger partial charge in [-0.2, -0.15) is 5.10 Å². The van der Waals surface area contributed by atoms with Crippen LogP contribution in [0.3, 0.4) is 0 Å². The lowest BCUT2D eigenvalue weighted by atomic mass is 9.99. The molecule has 5 heterocycles. The molecule has 0 saturated carbocycles. The Bertz CT molecular complexity index is 2440.